The van der Waals surface area contributed by atoms with Gasteiger partial charge >= 0.3 is 0 Å². The molecule has 0 aliphatic rings. The van der Waals surface area contributed by atoms with E-state index in [1.54, 1.807) is 13.0 Å². The van der Waals surface area contributed by atoms with Crippen molar-refractivity contribution in [2.24, 2.45) is 0 Å². The van der Waals surface area contributed by atoms with E-state index >= 15 is 0 Å². The first-order valence-electron chi connectivity index (χ1n) is 4.64. The van der Waals surface area contributed by atoms with Gasteiger partial charge in [-0.25, -0.2) is 0 Å². The molecule has 0 spiro atoms. The van der Waals surface area contributed by atoms with Crippen LogP contribution in [0.2, 0.25) is 0 Å². The summed E-state index contributed by atoms with van der Waals surface area (Å²) in [5.41, 5.74) is 0.0837. The summed E-state index contributed by atoms with van der Waals surface area (Å²) in [7, 11) is 1.46. The van der Waals surface area contributed by atoms with E-state index < -0.39 is 5.91 Å². The minimum Gasteiger partial charge on any atom is -0.496 e. The third kappa shape index (κ3) is 2.89. The van der Waals surface area contributed by atoms with Gasteiger partial charge in [-0.3, -0.25) is 9.59 Å². The molecule has 0 saturated carbocycles. The van der Waals surface area contributed by atoms with Gasteiger partial charge in [0.05, 0.1) is 19.2 Å². The Morgan fingerprint density at radius 1 is 1.62 bits per heavy atom. The van der Waals surface area contributed by atoms with Gasteiger partial charge in [-0.15, -0.1) is 0 Å². The Hall–Kier alpha value is -2.22. The highest BCUT2D eigenvalue weighted by molar-refractivity contribution is 5.93. The molecular weight excluding hydrogens is 208 g/mol. The van der Waals surface area contributed by atoms with Crippen LogP contribution in [0.3, 0.4) is 0 Å². The molecule has 16 heavy (non-hydrogen) atoms. The van der Waals surface area contributed by atoms with Crippen LogP contribution < -0.4 is 15.6 Å². The van der Waals surface area contributed by atoms with E-state index in [0.29, 0.717) is 11.3 Å². The molecule has 0 saturated heterocycles. The predicted octanol–water partition coefficient (Wildman–Crippen LogP) is 0.0230. The fourth-order valence-electron chi connectivity index (χ4n) is 1.18. The molecule has 5 nitrogen and oxygen atoms in total. The quantitative estimate of drug-likeness (QED) is 0.705. The van der Waals surface area contributed by atoms with E-state index in [0.717, 1.165) is 0 Å². The third-order valence-corrected chi connectivity index (χ3v) is 1.90. The molecule has 0 bridgehead atoms. The lowest BCUT2D eigenvalue weighted by Crippen LogP contribution is -2.25. The first-order valence-corrected chi connectivity index (χ1v) is 4.64. The number of hydrogen-bond donors (Lipinski definition) is 2. The van der Waals surface area contributed by atoms with E-state index in [9.17, 15) is 9.59 Å². The lowest BCUT2D eigenvalue weighted by atomic mass is 10.2. The van der Waals surface area contributed by atoms with Gasteiger partial charge in [0.25, 0.3) is 11.5 Å². The first-order chi connectivity index (χ1) is 7.69. The minimum atomic E-state index is -0.423. The lowest BCUT2D eigenvalue weighted by Gasteiger charge is -2.06. The van der Waals surface area contributed by atoms with Gasteiger partial charge in [0.2, 0.25) is 0 Å². The van der Waals surface area contributed by atoms with E-state index in [1.807, 2.05) is 0 Å². The zero-order valence-corrected chi connectivity index (χ0v) is 9.09. The average Bonchev–Trinajstić information content (AvgIpc) is 2.27. The molecule has 0 atom stereocenters. The van der Waals surface area contributed by atoms with Crippen LogP contribution in [0.25, 0.3) is 0 Å². The summed E-state index contributed by atoms with van der Waals surface area (Å²) in [6.07, 6.45) is 1.48. The van der Waals surface area contributed by atoms with Crippen molar-refractivity contribution >= 4 is 5.91 Å². The van der Waals surface area contributed by atoms with Gasteiger partial charge in [0.15, 0.2) is 0 Å². The van der Waals surface area contributed by atoms with Crippen molar-refractivity contribution in [3.63, 3.8) is 0 Å². The van der Waals surface area contributed by atoms with Gasteiger partial charge in [-0.2, -0.15) is 0 Å². The van der Waals surface area contributed by atoms with Gasteiger partial charge in [-0.1, -0.05) is 5.92 Å². The number of amides is 1. The number of methoxy groups -OCH3 is 1. The zero-order chi connectivity index (χ0) is 12.0. The Labute approximate surface area is 92.8 Å². The molecule has 1 aromatic rings. The summed E-state index contributed by atoms with van der Waals surface area (Å²) in [5.74, 6) is 4.80. The summed E-state index contributed by atoms with van der Waals surface area (Å²) in [5, 5.41) is 2.50. The second kappa shape index (κ2) is 5.61. The number of H-pyrrole nitrogens is 1. The Morgan fingerprint density at radius 2 is 2.38 bits per heavy atom. The summed E-state index contributed by atoms with van der Waals surface area (Å²) >= 11 is 0. The minimum absolute atomic E-state index is 0.0901. The maximum absolute atomic E-state index is 11.4. The Balaban J connectivity index is 2.83. The number of aromatic amines is 1. The van der Waals surface area contributed by atoms with E-state index in [-0.39, 0.29) is 12.1 Å². The second-order valence-corrected chi connectivity index (χ2v) is 2.91. The van der Waals surface area contributed by atoms with Crippen LogP contribution >= 0.6 is 0 Å². The molecule has 0 aromatic carbocycles. The topological polar surface area (TPSA) is 71.2 Å². The molecule has 0 aliphatic carbocycles. The third-order valence-electron chi connectivity index (χ3n) is 1.90. The molecule has 1 heterocycles. The molecule has 84 valence electrons. The van der Waals surface area contributed by atoms with Crippen LogP contribution in [0.4, 0.5) is 0 Å². The molecule has 0 aliphatic heterocycles. The number of aromatic nitrogens is 1. The zero-order valence-electron chi connectivity index (χ0n) is 9.09. The number of carbonyl (C=O) groups excluding carboxylic acids is 1. The van der Waals surface area contributed by atoms with Crippen LogP contribution in [0.5, 0.6) is 5.75 Å². The largest absolute Gasteiger partial charge is 0.496 e. The van der Waals surface area contributed by atoms with Crippen molar-refractivity contribution in [3.8, 4) is 17.6 Å². The smallest absolute Gasteiger partial charge is 0.296 e. The van der Waals surface area contributed by atoms with Crippen LogP contribution in [-0.2, 0) is 11.3 Å². The van der Waals surface area contributed by atoms with Gasteiger partial charge in [-0.05, 0) is 18.9 Å². The standard InChI is InChI=1S/C11H12N2O3/c1-3-4-10(14)13-7-8-9(16-2)5-6-12-11(8)15/h5-6H,7H2,1-2H3,(H,12,15)(H,13,14). The molecule has 1 aromatic heterocycles. The number of ether oxygens (including phenoxy) is 1. The average molecular weight is 220 g/mol. The predicted molar refractivity (Wildman–Crippen MR) is 58.9 cm³/mol. The van der Waals surface area contributed by atoms with Crippen molar-refractivity contribution in [1.29, 1.82) is 0 Å². The number of pyridine rings is 1. The number of carbonyl (C=O) groups is 1. The molecule has 0 radical (unpaired) electrons. The summed E-state index contributed by atoms with van der Waals surface area (Å²) in [6.45, 7) is 1.66. The Bertz CT molecular complexity index is 494. The molecule has 1 rings (SSSR count). The highest BCUT2D eigenvalue weighted by atomic mass is 16.5. The van der Waals surface area contributed by atoms with Crippen molar-refractivity contribution in [2.75, 3.05) is 7.11 Å². The number of rotatable bonds is 3. The summed E-state index contributed by atoms with van der Waals surface area (Å²) < 4.78 is 5.01. The SMILES string of the molecule is CC#CC(=O)NCc1c(OC)cc[nH]c1=O. The lowest BCUT2D eigenvalue weighted by molar-refractivity contribution is -0.115. The molecule has 5 heteroatoms. The highest BCUT2D eigenvalue weighted by Crippen LogP contribution is 2.11. The van der Waals surface area contributed by atoms with Gasteiger partial charge < -0.3 is 15.0 Å². The molecule has 0 unspecified atom stereocenters. The van der Waals surface area contributed by atoms with Crippen LogP contribution in [0, 0.1) is 11.8 Å². The molecule has 2 N–H and O–H groups in total. The molecule has 1 amide bonds. The van der Waals surface area contributed by atoms with Crippen LogP contribution in [0.15, 0.2) is 17.1 Å². The summed E-state index contributed by atoms with van der Waals surface area (Å²) in [6, 6.07) is 1.62. The fraction of sp³-hybridized carbons (Fsp3) is 0.273. The van der Waals surface area contributed by atoms with Crippen molar-refractivity contribution in [2.45, 2.75) is 13.5 Å². The maximum atomic E-state index is 11.4. The van der Waals surface area contributed by atoms with Gasteiger partial charge in [0, 0.05) is 6.20 Å². The Morgan fingerprint density at radius 3 is 3.00 bits per heavy atom. The highest BCUT2D eigenvalue weighted by Gasteiger charge is 2.07. The normalized spacial score (nSPS) is 8.88. The van der Waals surface area contributed by atoms with E-state index in [4.69, 9.17) is 4.74 Å². The molecular formula is C11H12N2O3. The fourth-order valence-corrected chi connectivity index (χ4v) is 1.18. The van der Waals surface area contributed by atoms with Crippen LogP contribution in [-0.4, -0.2) is 18.0 Å². The first kappa shape index (κ1) is 11.9. The van der Waals surface area contributed by atoms with E-state index in [1.165, 1.54) is 13.3 Å². The van der Waals surface area contributed by atoms with Crippen molar-refractivity contribution in [3.05, 3.63) is 28.2 Å². The van der Waals surface area contributed by atoms with E-state index in [2.05, 4.69) is 22.1 Å². The van der Waals surface area contributed by atoms with Crippen LogP contribution in [0.1, 0.15) is 12.5 Å². The number of nitrogens with one attached hydrogen (secondary N) is 2. The number of hydrogen-bond acceptors (Lipinski definition) is 3. The molecule has 0 fully saturated rings. The Kier molecular flexibility index (Phi) is 4.16. The maximum Gasteiger partial charge on any atom is 0.296 e. The van der Waals surface area contributed by atoms with Crippen molar-refractivity contribution in [1.82, 2.24) is 10.3 Å². The van der Waals surface area contributed by atoms with Crippen molar-refractivity contribution < 1.29 is 9.53 Å². The summed E-state index contributed by atoms with van der Waals surface area (Å²) in [4.78, 5) is 25.0. The van der Waals surface area contributed by atoms with Gasteiger partial charge in [0.1, 0.15) is 5.75 Å². The second-order valence-electron chi connectivity index (χ2n) is 2.91. The monoisotopic (exact) mass is 220 g/mol.